The van der Waals surface area contributed by atoms with Gasteiger partial charge >= 0.3 is 0 Å². The maximum Gasteiger partial charge on any atom is 0.150 e. The van der Waals surface area contributed by atoms with Crippen molar-refractivity contribution in [1.82, 2.24) is 18.9 Å². The number of fused-ring (bicyclic) bond motifs is 12. The van der Waals surface area contributed by atoms with E-state index in [4.69, 9.17) is 9.97 Å². The molecular formula is C48H34FN5. The van der Waals surface area contributed by atoms with E-state index in [0.29, 0.717) is 11.1 Å². The van der Waals surface area contributed by atoms with Crippen LogP contribution in [0.1, 0.15) is 42.3 Å². The first kappa shape index (κ1) is 30.8. The first-order valence-electron chi connectivity index (χ1n) is 18.4. The van der Waals surface area contributed by atoms with E-state index in [2.05, 4.69) is 113 Å². The van der Waals surface area contributed by atoms with Gasteiger partial charge in [0.25, 0.3) is 0 Å². The van der Waals surface area contributed by atoms with Crippen LogP contribution in [0.4, 0.5) is 21.5 Å². The van der Waals surface area contributed by atoms with Crippen LogP contribution in [-0.4, -0.2) is 18.9 Å². The number of imidazole rings is 1. The second-order valence-corrected chi connectivity index (χ2v) is 14.8. The number of rotatable bonds is 4. The number of hydrogen-bond acceptors (Lipinski definition) is 3. The number of aromatic nitrogens is 4. The molecular weight excluding hydrogens is 666 g/mol. The highest BCUT2D eigenvalue weighted by atomic mass is 19.1. The summed E-state index contributed by atoms with van der Waals surface area (Å²) in [6, 6.07) is 50.1. The lowest BCUT2D eigenvalue weighted by Crippen LogP contribution is -2.30. The van der Waals surface area contributed by atoms with Crippen molar-refractivity contribution in [2.24, 2.45) is 0 Å². The van der Waals surface area contributed by atoms with Gasteiger partial charge < -0.3 is 4.90 Å². The van der Waals surface area contributed by atoms with Crippen LogP contribution in [0.3, 0.4) is 0 Å². The topological polar surface area (TPSA) is 38.4 Å². The van der Waals surface area contributed by atoms with Gasteiger partial charge in [-0.2, -0.15) is 0 Å². The largest absolute Gasteiger partial charge is 0.309 e. The minimum absolute atomic E-state index is 0.267. The zero-order valence-electron chi connectivity index (χ0n) is 29.8. The maximum absolute atomic E-state index is 17.1. The molecule has 1 aliphatic heterocycles. The van der Waals surface area contributed by atoms with E-state index in [-0.39, 0.29) is 5.41 Å². The third-order valence-electron chi connectivity index (χ3n) is 11.5. The molecule has 10 aromatic rings. The van der Waals surface area contributed by atoms with Gasteiger partial charge in [-0.05, 0) is 82.2 Å². The summed E-state index contributed by atoms with van der Waals surface area (Å²) in [5.41, 5.74) is 10.6. The fraction of sp³-hybridized carbons (Fsp3) is 0.0833. The molecule has 0 radical (unpaired) electrons. The molecule has 0 amide bonds. The molecule has 1 unspecified atom stereocenters. The minimum Gasteiger partial charge on any atom is -0.309 e. The molecule has 1 atom stereocenters. The van der Waals surface area contributed by atoms with Crippen molar-refractivity contribution in [2.45, 2.75) is 25.4 Å². The average molecular weight is 700 g/mol. The Morgan fingerprint density at radius 3 is 2.19 bits per heavy atom. The van der Waals surface area contributed by atoms with Gasteiger partial charge in [-0.1, -0.05) is 105 Å². The molecule has 6 heteroatoms. The lowest BCUT2D eigenvalue weighted by atomic mass is 9.73. The Labute approximate surface area is 311 Å². The third-order valence-corrected chi connectivity index (χ3v) is 11.5. The highest BCUT2D eigenvalue weighted by molar-refractivity contribution is 6.18. The monoisotopic (exact) mass is 699 g/mol. The Morgan fingerprint density at radius 1 is 0.574 bits per heavy atom. The van der Waals surface area contributed by atoms with Crippen molar-refractivity contribution in [3.8, 4) is 5.82 Å². The average Bonchev–Trinajstić information content (AvgIpc) is 3.85. The summed E-state index contributed by atoms with van der Waals surface area (Å²) >= 11 is 0. The van der Waals surface area contributed by atoms with Gasteiger partial charge in [0, 0.05) is 51.2 Å². The number of nitrogens with zero attached hydrogens (tertiary/aromatic N) is 5. The number of para-hydroxylation sites is 3. The molecule has 0 spiro atoms. The van der Waals surface area contributed by atoms with E-state index in [1.165, 1.54) is 11.1 Å². The Hall–Kier alpha value is -6.79. The lowest BCUT2D eigenvalue weighted by Gasteiger charge is -2.42. The molecule has 0 N–H and O–H groups in total. The van der Waals surface area contributed by atoms with E-state index in [9.17, 15) is 0 Å². The summed E-state index contributed by atoms with van der Waals surface area (Å²) in [5.74, 6) is 0.783. The molecule has 11 rings (SSSR count). The minimum atomic E-state index is -1.36. The fourth-order valence-electron chi connectivity index (χ4n) is 8.98. The molecule has 0 saturated heterocycles. The van der Waals surface area contributed by atoms with Gasteiger partial charge in [0.05, 0.1) is 27.9 Å². The molecule has 0 saturated carbocycles. The fourth-order valence-corrected chi connectivity index (χ4v) is 8.98. The predicted molar refractivity (Wildman–Crippen MR) is 219 cm³/mol. The highest BCUT2D eigenvalue weighted by Gasteiger charge is 2.39. The number of pyridine rings is 2. The zero-order chi connectivity index (χ0) is 36.1. The standard InChI is InChI=1S/C48H34FN5/c1-48(2)37-15-7-9-17-40(37)53(32-12-4-3-5-13-32)46-38(48)23-24-41-44(46)35-22-20-31(29-42(35)54(41)43-18-10-11-25-50-43)45(49)30-19-21-33-34-14-6-8-16-39(34)52-27-26-51-47(52)36(33)28-30/h3-29,45H,1-2H3. The molecule has 258 valence electrons. The molecule has 0 fully saturated rings. The van der Waals surface area contributed by atoms with Gasteiger partial charge in [0.2, 0.25) is 0 Å². The first-order chi connectivity index (χ1) is 26.5. The van der Waals surface area contributed by atoms with Gasteiger partial charge in [-0.3, -0.25) is 8.97 Å². The highest BCUT2D eigenvalue weighted by Crippen LogP contribution is 2.55. The van der Waals surface area contributed by atoms with Crippen LogP contribution in [-0.2, 0) is 5.41 Å². The summed E-state index contributed by atoms with van der Waals surface area (Å²) in [4.78, 5) is 11.9. The SMILES string of the molecule is CC1(C)c2ccccc2N(c2ccccc2)c2c1ccc1c2c2ccc(C(F)c3ccc4c5ccccc5n5ccnc5c4c3)cc2n1-c1ccccn1. The number of anilines is 3. The molecule has 4 aromatic heterocycles. The van der Waals surface area contributed by atoms with Crippen molar-refractivity contribution < 1.29 is 4.39 Å². The lowest BCUT2D eigenvalue weighted by molar-refractivity contribution is 0.402. The Balaban J connectivity index is 1.17. The summed E-state index contributed by atoms with van der Waals surface area (Å²) in [6.45, 7) is 4.62. The molecule has 54 heavy (non-hydrogen) atoms. The smallest absolute Gasteiger partial charge is 0.150 e. The Bertz CT molecular complexity index is 3110. The molecule has 6 aromatic carbocycles. The van der Waals surface area contributed by atoms with E-state index in [1.54, 1.807) is 0 Å². The van der Waals surface area contributed by atoms with Crippen LogP contribution in [0.25, 0.3) is 54.9 Å². The van der Waals surface area contributed by atoms with Crippen LogP contribution in [0.2, 0.25) is 0 Å². The summed E-state index contributed by atoms with van der Waals surface area (Å²) in [5, 5.41) is 5.26. The van der Waals surface area contributed by atoms with Gasteiger partial charge in [0.1, 0.15) is 11.5 Å². The number of benzene rings is 6. The van der Waals surface area contributed by atoms with Gasteiger partial charge in [0.15, 0.2) is 6.17 Å². The number of hydrogen-bond donors (Lipinski definition) is 0. The molecule has 0 aliphatic carbocycles. The van der Waals surface area contributed by atoms with Crippen molar-refractivity contribution in [2.75, 3.05) is 4.90 Å². The molecule has 5 heterocycles. The normalized spacial score (nSPS) is 14.2. The molecule has 5 nitrogen and oxygen atoms in total. The van der Waals surface area contributed by atoms with Crippen LogP contribution < -0.4 is 4.90 Å². The summed E-state index contributed by atoms with van der Waals surface area (Å²) < 4.78 is 21.4. The van der Waals surface area contributed by atoms with E-state index in [1.807, 2.05) is 79.3 Å². The number of alkyl halides is 1. The van der Waals surface area contributed by atoms with E-state index in [0.717, 1.165) is 72.0 Å². The number of halogens is 1. The summed E-state index contributed by atoms with van der Waals surface area (Å²) in [7, 11) is 0. The van der Waals surface area contributed by atoms with Crippen LogP contribution >= 0.6 is 0 Å². The predicted octanol–water partition coefficient (Wildman–Crippen LogP) is 12.3. The third kappa shape index (κ3) is 4.25. The van der Waals surface area contributed by atoms with Crippen LogP contribution in [0.5, 0.6) is 0 Å². The Morgan fingerprint density at radius 2 is 1.33 bits per heavy atom. The van der Waals surface area contributed by atoms with Crippen molar-refractivity contribution in [3.63, 3.8) is 0 Å². The first-order valence-corrected chi connectivity index (χ1v) is 18.4. The van der Waals surface area contributed by atoms with Gasteiger partial charge in [-0.15, -0.1) is 0 Å². The molecule has 1 aliphatic rings. The van der Waals surface area contributed by atoms with Gasteiger partial charge in [-0.25, -0.2) is 14.4 Å². The van der Waals surface area contributed by atoms with Crippen molar-refractivity contribution >= 4 is 66.2 Å². The van der Waals surface area contributed by atoms with Crippen LogP contribution in [0, 0.1) is 0 Å². The van der Waals surface area contributed by atoms with Crippen molar-refractivity contribution in [3.05, 3.63) is 186 Å². The summed E-state index contributed by atoms with van der Waals surface area (Å²) in [6.07, 6.45) is 4.23. The zero-order valence-corrected chi connectivity index (χ0v) is 29.8. The van der Waals surface area contributed by atoms with Crippen molar-refractivity contribution in [1.29, 1.82) is 0 Å². The Kier molecular flexibility index (Phi) is 6.48. The molecule has 0 bridgehead atoms. The second-order valence-electron chi connectivity index (χ2n) is 14.8. The second kappa shape index (κ2) is 11.4. The van der Waals surface area contributed by atoms with Crippen LogP contribution in [0.15, 0.2) is 164 Å². The van der Waals surface area contributed by atoms with E-state index < -0.39 is 6.17 Å². The van der Waals surface area contributed by atoms with E-state index >= 15 is 4.39 Å². The maximum atomic E-state index is 17.1. The quantitative estimate of drug-likeness (QED) is 0.172.